The van der Waals surface area contributed by atoms with Crippen LogP contribution >= 0.6 is 0 Å². The van der Waals surface area contributed by atoms with Gasteiger partial charge in [0, 0.05) is 26.2 Å². The van der Waals surface area contributed by atoms with Crippen molar-refractivity contribution in [3.05, 3.63) is 0 Å². The van der Waals surface area contributed by atoms with Crippen LogP contribution in [0.3, 0.4) is 0 Å². The van der Waals surface area contributed by atoms with Crippen LogP contribution in [0, 0.1) is 0 Å². The summed E-state index contributed by atoms with van der Waals surface area (Å²) in [5, 5.41) is 0. The number of likely N-dealkylation sites (N-methyl/N-ethyl adjacent to an activating group) is 1. The van der Waals surface area contributed by atoms with Crippen LogP contribution in [0.4, 0.5) is 0 Å². The Kier molecular flexibility index (Phi) is 6.89. The van der Waals surface area contributed by atoms with Crippen molar-refractivity contribution in [2.75, 3.05) is 20.1 Å². The van der Waals surface area contributed by atoms with Crippen molar-refractivity contribution in [3.63, 3.8) is 0 Å². The number of carbonyl (C=O) groups is 2. The van der Waals surface area contributed by atoms with Crippen LogP contribution in [0.5, 0.6) is 0 Å². The Hall–Kier alpha value is -1.06. The molecule has 0 unspecified atom stereocenters. The van der Waals surface area contributed by atoms with Gasteiger partial charge in [0.05, 0.1) is 0 Å². The molecule has 2 amide bonds. The van der Waals surface area contributed by atoms with Gasteiger partial charge in [0.25, 0.3) is 0 Å². The van der Waals surface area contributed by atoms with Gasteiger partial charge in [0.1, 0.15) is 0 Å². The first-order valence-corrected chi connectivity index (χ1v) is 7.67. The molecule has 4 heteroatoms. The molecular weight excluding hydrogens is 240 g/mol. The number of hydrogen-bond donors (Lipinski definition) is 0. The maximum Gasteiger partial charge on any atom is 0.312 e. The Morgan fingerprint density at radius 2 is 1.47 bits per heavy atom. The summed E-state index contributed by atoms with van der Waals surface area (Å²) in [5.41, 5.74) is 0. The summed E-state index contributed by atoms with van der Waals surface area (Å²) in [6, 6.07) is 0.260. The minimum atomic E-state index is -0.325. The lowest BCUT2D eigenvalue weighted by molar-refractivity contribution is -0.152. The number of rotatable bonds is 5. The highest BCUT2D eigenvalue weighted by Gasteiger charge is 2.29. The lowest BCUT2D eigenvalue weighted by atomic mass is 9.94. The van der Waals surface area contributed by atoms with Crippen molar-refractivity contribution in [2.45, 2.75) is 64.8 Å². The van der Waals surface area contributed by atoms with Gasteiger partial charge >= 0.3 is 11.8 Å². The predicted octanol–water partition coefficient (Wildman–Crippen LogP) is 2.43. The van der Waals surface area contributed by atoms with Crippen LogP contribution in [0.15, 0.2) is 0 Å². The average molecular weight is 268 g/mol. The summed E-state index contributed by atoms with van der Waals surface area (Å²) in [6.07, 6.45) is 7.46. The van der Waals surface area contributed by atoms with Gasteiger partial charge in [-0.15, -0.1) is 0 Å². The molecule has 0 atom stereocenters. The zero-order chi connectivity index (χ0) is 14.3. The average Bonchev–Trinajstić information content (AvgIpc) is 2.45. The molecule has 0 aromatic carbocycles. The second kappa shape index (κ2) is 8.18. The molecule has 0 saturated heterocycles. The molecule has 1 rings (SSSR count). The van der Waals surface area contributed by atoms with Crippen molar-refractivity contribution in [1.82, 2.24) is 9.80 Å². The maximum absolute atomic E-state index is 12.3. The van der Waals surface area contributed by atoms with E-state index in [0.29, 0.717) is 13.1 Å². The summed E-state index contributed by atoms with van der Waals surface area (Å²) in [4.78, 5) is 27.9. The number of amides is 2. The van der Waals surface area contributed by atoms with Gasteiger partial charge in [-0.05, 0) is 25.7 Å². The van der Waals surface area contributed by atoms with E-state index in [9.17, 15) is 9.59 Å². The van der Waals surface area contributed by atoms with Gasteiger partial charge in [0.2, 0.25) is 0 Å². The lowest BCUT2D eigenvalue weighted by Crippen LogP contribution is -2.48. The molecule has 0 aromatic rings. The van der Waals surface area contributed by atoms with E-state index in [4.69, 9.17) is 0 Å². The Morgan fingerprint density at radius 1 is 0.947 bits per heavy atom. The third-order valence-corrected chi connectivity index (χ3v) is 3.90. The van der Waals surface area contributed by atoms with E-state index in [1.165, 1.54) is 19.3 Å². The first-order chi connectivity index (χ1) is 9.11. The number of nitrogens with zero attached hydrogens (tertiary/aromatic N) is 2. The van der Waals surface area contributed by atoms with E-state index < -0.39 is 0 Å². The zero-order valence-electron chi connectivity index (χ0n) is 12.7. The summed E-state index contributed by atoms with van der Waals surface area (Å²) in [5.74, 6) is -0.648. The van der Waals surface area contributed by atoms with E-state index in [1.54, 1.807) is 16.8 Å². The van der Waals surface area contributed by atoms with Gasteiger partial charge in [-0.25, -0.2) is 0 Å². The third kappa shape index (κ3) is 4.51. The Morgan fingerprint density at radius 3 is 1.95 bits per heavy atom. The third-order valence-electron chi connectivity index (χ3n) is 3.90. The summed E-state index contributed by atoms with van der Waals surface area (Å²) in [7, 11) is 1.78. The minimum Gasteiger partial charge on any atom is -0.335 e. The summed E-state index contributed by atoms with van der Waals surface area (Å²) in [6.45, 7) is 5.42. The van der Waals surface area contributed by atoms with E-state index in [1.807, 2.05) is 13.8 Å². The largest absolute Gasteiger partial charge is 0.335 e. The van der Waals surface area contributed by atoms with Crippen LogP contribution in [-0.2, 0) is 9.59 Å². The molecule has 1 fully saturated rings. The summed E-state index contributed by atoms with van der Waals surface area (Å²) >= 11 is 0. The monoisotopic (exact) mass is 268 g/mol. The van der Waals surface area contributed by atoms with Crippen LogP contribution in [-0.4, -0.2) is 47.8 Å². The van der Waals surface area contributed by atoms with Crippen LogP contribution < -0.4 is 0 Å². The first-order valence-electron chi connectivity index (χ1n) is 7.67. The fourth-order valence-corrected chi connectivity index (χ4v) is 2.78. The van der Waals surface area contributed by atoms with Gasteiger partial charge in [0.15, 0.2) is 0 Å². The molecular formula is C15H28N2O2. The van der Waals surface area contributed by atoms with Gasteiger partial charge in [-0.3, -0.25) is 9.59 Å². The fraction of sp³-hybridized carbons (Fsp3) is 0.867. The summed E-state index contributed by atoms with van der Waals surface area (Å²) < 4.78 is 0. The van der Waals surface area contributed by atoms with Crippen molar-refractivity contribution in [2.24, 2.45) is 0 Å². The van der Waals surface area contributed by atoms with E-state index in [2.05, 4.69) is 0 Å². The standard InChI is InChI=1S/C15H28N2O2/c1-4-11-17(12-5-2)15(19)14(18)16(3)13-9-7-6-8-10-13/h13H,4-12H2,1-3H3. The number of hydrogen-bond acceptors (Lipinski definition) is 2. The highest BCUT2D eigenvalue weighted by Crippen LogP contribution is 2.21. The minimum absolute atomic E-state index is 0.260. The van der Waals surface area contributed by atoms with Crippen molar-refractivity contribution >= 4 is 11.8 Å². The van der Waals surface area contributed by atoms with Crippen molar-refractivity contribution in [1.29, 1.82) is 0 Å². The van der Waals surface area contributed by atoms with E-state index in [-0.39, 0.29) is 17.9 Å². The maximum atomic E-state index is 12.3. The normalized spacial score (nSPS) is 16.2. The molecule has 110 valence electrons. The van der Waals surface area contributed by atoms with Crippen molar-refractivity contribution in [3.8, 4) is 0 Å². The molecule has 0 spiro atoms. The molecule has 0 aliphatic heterocycles. The van der Waals surface area contributed by atoms with Gasteiger partial charge in [-0.2, -0.15) is 0 Å². The van der Waals surface area contributed by atoms with Crippen LogP contribution in [0.25, 0.3) is 0 Å². The highest BCUT2D eigenvalue weighted by molar-refractivity contribution is 6.34. The topological polar surface area (TPSA) is 40.6 Å². The Bertz CT molecular complexity index is 293. The van der Waals surface area contributed by atoms with Crippen LogP contribution in [0.1, 0.15) is 58.8 Å². The molecule has 1 aliphatic carbocycles. The Balaban J connectivity index is 2.60. The van der Waals surface area contributed by atoms with E-state index >= 15 is 0 Å². The second-order valence-electron chi connectivity index (χ2n) is 5.50. The Labute approximate surface area is 117 Å². The molecule has 19 heavy (non-hydrogen) atoms. The quantitative estimate of drug-likeness (QED) is 0.719. The van der Waals surface area contributed by atoms with Crippen LogP contribution in [0.2, 0.25) is 0 Å². The van der Waals surface area contributed by atoms with Gasteiger partial charge < -0.3 is 9.80 Å². The number of carbonyl (C=O) groups excluding carboxylic acids is 2. The lowest BCUT2D eigenvalue weighted by Gasteiger charge is -2.32. The molecule has 0 aromatic heterocycles. The SMILES string of the molecule is CCCN(CCC)C(=O)C(=O)N(C)C1CCCCC1. The highest BCUT2D eigenvalue weighted by atomic mass is 16.2. The van der Waals surface area contributed by atoms with Crippen molar-refractivity contribution < 1.29 is 9.59 Å². The first kappa shape index (κ1) is 16.0. The molecule has 4 nitrogen and oxygen atoms in total. The molecule has 0 heterocycles. The zero-order valence-corrected chi connectivity index (χ0v) is 12.7. The molecule has 1 aliphatic rings. The smallest absolute Gasteiger partial charge is 0.312 e. The predicted molar refractivity (Wildman–Crippen MR) is 76.8 cm³/mol. The van der Waals surface area contributed by atoms with Gasteiger partial charge in [-0.1, -0.05) is 33.1 Å². The second-order valence-corrected chi connectivity index (χ2v) is 5.50. The molecule has 0 bridgehead atoms. The molecule has 0 radical (unpaired) electrons. The molecule has 1 saturated carbocycles. The molecule has 0 N–H and O–H groups in total. The van der Waals surface area contributed by atoms with E-state index in [0.717, 1.165) is 25.7 Å². The fourth-order valence-electron chi connectivity index (χ4n) is 2.78.